The van der Waals surface area contributed by atoms with Gasteiger partial charge in [0, 0.05) is 39.4 Å². The van der Waals surface area contributed by atoms with Crippen LogP contribution in [0, 0.1) is 18.6 Å². The van der Waals surface area contributed by atoms with E-state index in [-0.39, 0.29) is 30.1 Å². The van der Waals surface area contributed by atoms with Crippen molar-refractivity contribution in [2.45, 2.75) is 45.4 Å². The minimum absolute atomic E-state index is 0. The molecule has 0 amide bonds. The number of fused-ring (bicyclic) bond motifs is 1. The lowest BCUT2D eigenvalue weighted by atomic mass is 9.99. The Morgan fingerprint density at radius 3 is 2.87 bits per heavy atom. The Kier molecular flexibility index (Phi) is 7.61. The molecule has 1 N–H and O–H groups in total. The molecule has 164 valence electrons. The molecule has 1 unspecified atom stereocenters. The van der Waals surface area contributed by atoms with Crippen LogP contribution in [0.25, 0.3) is 0 Å². The van der Waals surface area contributed by atoms with E-state index < -0.39 is 11.6 Å². The van der Waals surface area contributed by atoms with Crippen LogP contribution in [0.3, 0.4) is 0 Å². The maximum absolute atomic E-state index is 14.1. The second kappa shape index (κ2) is 9.99. The van der Waals surface area contributed by atoms with Gasteiger partial charge in [0.05, 0.1) is 6.10 Å². The number of hydrogen-bond acceptors (Lipinski definition) is 4. The molecule has 1 fully saturated rings. The molecule has 1 aromatic heterocycles. The van der Waals surface area contributed by atoms with Crippen molar-refractivity contribution in [1.29, 1.82) is 0 Å². The topological polar surface area (TPSA) is 67.6 Å². The van der Waals surface area contributed by atoms with Crippen molar-refractivity contribution in [2.24, 2.45) is 12.0 Å². The third-order valence-corrected chi connectivity index (χ3v) is 5.61. The standard InChI is InChI=1S/C20H26F2N6O.HI/c1-13-25-26-19(27(13)2)11-24-20(23-10-16-4-3-7-29-16)28-6-5-17-14(12-28)8-15(21)9-18(17)22;/h8-9,16H,3-7,10-12H2,1-2H3,(H,23,24);1H. The molecular weight excluding hydrogens is 505 g/mol. The number of nitrogens with zero attached hydrogens (tertiary/aromatic N) is 5. The number of benzene rings is 1. The third-order valence-electron chi connectivity index (χ3n) is 5.61. The highest BCUT2D eigenvalue weighted by Crippen LogP contribution is 2.23. The lowest BCUT2D eigenvalue weighted by Crippen LogP contribution is -2.46. The zero-order valence-electron chi connectivity index (χ0n) is 17.2. The number of rotatable bonds is 4. The number of ether oxygens (including phenoxy) is 1. The zero-order chi connectivity index (χ0) is 20.4. The summed E-state index contributed by atoms with van der Waals surface area (Å²) in [5.74, 6) is 1.25. The van der Waals surface area contributed by atoms with E-state index in [0.29, 0.717) is 49.7 Å². The first kappa shape index (κ1) is 22.9. The summed E-state index contributed by atoms with van der Waals surface area (Å²) in [5.41, 5.74) is 1.25. The largest absolute Gasteiger partial charge is 0.376 e. The molecule has 1 aromatic carbocycles. The van der Waals surface area contributed by atoms with E-state index in [0.717, 1.165) is 37.2 Å². The molecule has 0 spiro atoms. The number of guanidine groups is 1. The Labute approximate surface area is 191 Å². The van der Waals surface area contributed by atoms with Crippen molar-refractivity contribution in [3.63, 3.8) is 0 Å². The lowest BCUT2D eigenvalue weighted by molar-refractivity contribution is 0.113. The molecule has 2 aliphatic heterocycles. The number of hydrogen-bond donors (Lipinski definition) is 1. The Bertz CT molecular complexity index is 913. The molecule has 30 heavy (non-hydrogen) atoms. The summed E-state index contributed by atoms with van der Waals surface area (Å²) in [6.45, 7) is 4.70. The SMILES string of the molecule is Cc1nnc(CN=C(NCC2CCCO2)N2CCc3c(F)cc(F)cc3C2)n1C.I. The van der Waals surface area contributed by atoms with Gasteiger partial charge in [-0.25, -0.2) is 13.8 Å². The predicted octanol–water partition coefficient (Wildman–Crippen LogP) is 2.70. The van der Waals surface area contributed by atoms with Crippen LogP contribution in [-0.4, -0.2) is 51.4 Å². The van der Waals surface area contributed by atoms with E-state index in [2.05, 4.69) is 15.5 Å². The molecule has 1 saturated heterocycles. The molecule has 10 heteroatoms. The normalized spacial score (nSPS) is 18.9. The highest BCUT2D eigenvalue weighted by molar-refractivity contribution is 14.0. The summed E-state index contributed by atoms with van der Waals surface area (Å²) in [7, 11) is 1.91. The number of aromatic nitrogens is 3. The van der Waals surface area contributed by atoms with Crippen LogP contribution in [-0.2, 0) is 31.3 Å². The van der Waals surface area contributed by atoms with E-state index in [1.807, 2.05) is 23.4 Å². The predicted molar refractivity (Wildman–Crippen MR) is 120 cm³/mol. The summed E-state index contributed by atoms with van der Waals surface area (Å²) in [4.78, 5) is 6.76. The number of nitrogens with one attached hydrogen (secondary N) is 1. The maximum atomic E-state index is 14.1. The number of aliphatic imine (C=N–C) groups is 1. The lowest BCUT2D eigenvalue weighted by Gasteiger charge is -2.32. The van der Waals surface area contributed by atoms with Crippen molar-refractivity contribution in [1.82, 2.24) is 25.0 Å². The van der Waals surface area contributed by atoms with E-state index in [1.54, 1.807) is 0 Å². The maximum Gasteiger partial charge on any atom is 0.194 e. The second-order valence-electron chi connectivity index (χ2n) is 7.58. The average Bonchev–Trinajstić information content (AvgIpc) is 3.32. The molecular formula is C20H27F2IN6O. The molecule has 3 heterocycles. The quantitative estimate of drug-likeness (QED) is 0.373. The van der Waals surface area contributed by atoms with Gasteiger partial charge in [-0.05, 0) is 43.4 Å². The Hall–Kier alpha value is -1.82. The summed E-state index contributed by atoms with van der Waals surface area (Å²) in [6, 6.07) is 2.36. The fourth-order valence-electron chi connectivity index (χ4n) is 3.80. The third kappa shape index (κ3) is 5.08. The van der Waals surface area contributed by atoms with Crippen LogP contribution in [0.1, 0.15) is 35.6 Å². The van der Waals surface area contributed by atoms with Crippen LogP contribution < -0.4 is 5.32 Å². The van der Waals surface area contributed by atoms with Crippen LogP contribution in [0.5, 0.6) is 0 Å². The van der Waals surface area contributed by atoms with Crippen LogP contribution in [0.2, 0.25) is 0 Å². The van der Waals surface area contributed by atoms with Crippen molar-refractivity contribution in [3.05, 3.63) is 46.5 Å². The summed E-state index contributed by atoms with van der Waals surface area (Å²) in [5, 5.41) is 11.6. The molecule has 0 saturated carbocycles. The molecule has 2 aromatic rings. The van der Waals surface area contributed by atoms with Gasteiger partial charge in [0.2, 0.25) is 0 Å². The first-order valence-corrected chi connectivity index (χ1v) is 9.98. The Balaban J connectivity index is 0.00000256. The average molecular weight is 532 g/mol. The second-order valence-corrected chi connectivity index (χ2v) is 7.58. The van der Waals surface area contributed by atoms with E-state index >= 15 is 0 Å². The van der Waals surface area contributed by atoms with Gasteiger partial charge in [-0.1, -0.05) is 0 Å². The van der Waals surface area contributed by atoms with Gasteiger partial charge in [-0.2, -0.15) is 0 Å². The summed E-state index contributed by atoms with van der Waals surface area (Å²) in [6.07, 6.45) is 2.74. The zero-order valence-corrected chi connectivity index (χ0v) is 19.5. The van der Waals surface area contributed by atoms with Crippen molar-refractivity contribution < 1.29 is 13.5 Å². The van der Waals surface area contributed by atoms with E-state index in [9.17, 15) is 8.78 Å². The van der Waals surface area contributed by atoms with Crippen LogP contribution in [0.4, 0.5) is 8.78 Å². The van der Waals surface area contributed by atoms with Crippen molar-refractivity contribution in [3.8, 4) is 0 Å². The fraction of sp³-hybridized carbons (Fsp3) is 0.550. The van der Waals surface area contributed by atoms with Crippen molar-refractivity contribution in [2.75, 3.05) is 19.7 Å². The van der Waals surface area contributed by atoms with E-state index in [4.69, 9.17) is 9.73 Å². The summed E-state index contributed by atoms with van der Waals surface area (Å²) < 4.78 is 35.4. The molecule has 0 bridgehead atoms. The van der Waals surface area contributed by atoms with Gasteiger partial charge in [0.1, 0.15) is 24.0 Å². The highest BCUT2D eigenvalue weighted by atomic mass is 127. The van der Waals surface area contributed by atoms with Gasteiger partial charge in [0.15, 0.2) is 11.8 Å². The van der Waals surface area contributed by atoms with Gasteiger partial charge in [-0.3, -0.25) is 0 Å². The van der Waals surface area contributed by atoms with Gasteiger partial charge >= 0.3 is 0 Å². The fourth-order valence-corrected chi connectivity index (χ4v) is 3.80. The Morgan fingerprint density at radius 2 is 2.17 bits per heavy atom. The highest BCUT2D eigenvalue weighted by Gasteiger charge is 2.24. The van der Waals surface area contributed by atoms with E-state index in [1.165, 1.54) is 6.07 Å². The molecule has 7 nitrogen and oxygen atoms in total. The van der Waals surface area contributed by atoms with Gasteiger partial charge < -0.3 is 19.5 Å². The van der Waals surface area contributed by atoms with Gasteiger partial charge in [-0.15, -0.1) is 34.2 Å². The monoisotopic (exact) mass is 532 g/mol. The van der Waals surface area contributed by atoms with Crippen molar-refractivity contribution >= 4 is 29.9 Å². The first-order chi connectivity index (χ1) is 14.0. The molecule has 1 atom stereocenters. The molecule has 2 aliphatic rings. The molecule has 0 radical (unpaired) electrons. The summed E-state index contributed by atoms with van der Waals surface area (Å²) >= 11 is 0. The molecule has 4 rings (SSSR count). The minimum Gasteiger partial charge on any atom is -0.376 e. The first-order valence-electron chi connectivity index (χ1n) is 9.98. The minimum atomic E-state index is -0.552. The Morgan fingerprint density at radius 1 is 1.33 bits per heavy atom. The van der Waals surface area contributed by atoms with Gasteiger partial charge in [0.25, 0.3) is 0 Å². The smallest absolute Gasteiger partial charge is 0.194 e. The number of halogens is 3. The number of aryl methyl sites for hydroxylation is 1. The molecule has 0 aliphatic carbocycles. The van der Waals surface area contributed by atoms with Crippen LogP contribution in [0.15, 0.2) is 17.1 Å². The van der Waals surface area contributed by atoms with Crippen LogP contribution >= 0.6 is 24.0 Å².